The molecule has 23 heavy (non-hydrogen) atoms. The van der Waals surface area contributed by atoms with E-state index in [0.29, 0.717) is 30.8 Å². The van der Waals surface area contributed by atoms with Crippen molar-refractivity contribution in [1.82, 2.24) is 9.62 Å². The zero-order chi connectivity index (χ0) is 17.0. The molecule has 1 saturated heterocycles. The Hall–Kier alpha value is -1.40. The number of amides is 1. The maximum absolute atomic E-state index is 12.6. The summed E-state index contributed by atoms with van der Waals surface area (Å²) in [6.07, 6.45) is 2.05. The largest absolute Gasteiger partial charge is 0.353 e. The van der Waals surface area contributed by atoms with Crippen LogP contribution in [0.15, 0.2) is 29.2 Å². The molecule has 1 aromatic carbocycles. The molecule has 2 rings (SSSR count). The molecule has 0 radical (unpaired) electrons. The van der Waals surface area contributed by atoms with E-state index in [4.69, 9.17) is 0 Å². The van der Waals surface area contributed by atoms with Crippen LogP contribution in [0.3, 0.4) is 0 Å². The minimum absolute atomic E-state index is 0.0479. The number of benzene rings is 1. The van der Waals surface area contributed by atoms with Crippen LogP contribution in [0.1, 0.15) is 38.7 Å². The Kier molecular flexibility index (Phi) is 5.81. The molecule has 1 amide bonds. The summed E-state index contributed by atoms with van der Waals surface area (Å²) < 4.78 is 26.7. The molecule has 1 aliphatic rings. The van der Waals surface area contributed by atoms with Crippen LogP contribution < -0.4 is 5.32 Å². The van der Waals surface area contributed by atoms with Crippen molar-refractivity contribution in [1.29, 1.82) is 0 Å². The molecule has 0 aromatic heterocycles. The van der Waals surface area contributed by atoms with Crippen LogP contribution in [0.5, 0.6) is 0 Å². The fourth-order valence-corrected chi connectivity index (χ4v) is 4.15. The van der Waals surface area contributed by atoms with Gasteiger partial charge in [-0.3, -0.25) is 4.79 Å². The van der Waals surface area contributed by atoms with E-state index in [2.05, 4.69) is 5.32 Å². The second-order valence-electron chi connectivity index (χ2n) is 6.31. The van der Waals surface area contributed by atoms with Crippen LogP contribution in [0.25, 0.3) is 0 Å². The quantitative estimate of drug-likeness (QED) is 0.896. The van der Waals surface area contributed by atoms with Crippen molar-refractivity contribution in [3.8, 4) is 0 Å². The molecule has 1 N–H and O–H groups in total. The number of rotatable bonds is 5. The highest BCUT2D eigenvalue weighted by atomic mass is 32.2. The fraction of sp³-hybridized carbons (Fsp3) is 0.588. The summed E-state index contributed by atoms with van der Waals surface area (Å²) in [7, 11) is -3.45. The van der Waals surface area contributed by atoms with Crippen LogP contribution in [0.2, 0.25) is 0 Å². The van der Waals surface area contributed by atoms with Crippen molar-refractivity contribution in [2.24, 2.45) is 5.92 Å². The molecule has 1 heterocycles. The number of carbonyl (C=O) groups excluding carboxylic acids is 1. The average Bonchev–Trinajstić information content (AvgIpc) is 2.55. The molecule has 1 aliphatic heterocycles. The van der Waals surface area contributed by atoms with Gasteiger partial charge < -0.3 is 5.32 Å². The van der Waals surface area contributed by atoms with Gasteiger partial charge in [-0.1, -0.05) is 24.6 Å². The van der Waals surface area contributed by atoms with Crippen molar-refractivity contribution in [2.45, 2.75) is 51.0 Å². The van der Waals surface area contributed by atoms with Crippen LogP contribution >= 0.6 is 0 Å². The Balaban J connectivity index is 1.98. The molecule has 1 fully saturated rings. The van der Waals surface area contributed by atoms with Crippen molar-refractivity contribution in [2.75, 3.05) is 13.1 Å². The monoisotopic (exact) mass is 338 g/mol. The lowest BCUT2D eigenvalue weighted by Crippen LogP contribution is -2.44. The third-order valence-electron chi connectivity index (χ3n) is 4.48. The van der Waals surface area contributed by atoms with Gasteiger partial charge in [-0.15, -0.1) is 0 Å². The number of nitrogens with zero attached hydrogens (tertiary/aromatic N) is 1. The summed E-state index contributed by atoms with van der Waals surface area (Å²) in [4.78, 5) is 12.5. The third kappa shape index (κ3) is 4.32. The Labute approximate surface area is 139 Å². The summed E-state index contributed by atoms with van der Waals surface area (Å²) in [6.45, 7) is 6.73. The van der Waals surface area contributed by atoms with Gasteiger partial charge in [0.15, 0.2) is 0 Å². The van der Waals surface area contributed by atoms with E-state index in [-0.39, 0.29) is 17.9 Å². The van der Waals surface area contributed by atoms with Gasteiger partial charge in [0, 0.05) is 25.0 Å². The smallest absolute Gasteiger partial charge is 0.243 e. The van der Waals surface area contributed by atoms with Gasteiger partial charge in [0.2, 0.25) is 15.9 Å². The highest BCUT2D eigenvalue weighted by Crippen LogP contribution is 2.24. The second kappa shape index (κ2) is 7.45. The zero-order valence-corrected chi connectivity index (χ0v) is 14.9. The number of nitrogens with one attached hydrogen (secondary N) is 1. The maximum atomic E-state index is 12.6. The van der Waals surface area contributed by atoms with E-state index in [0.717, 1.165) is 12.0 Å². The Morgan fingerprint density at radius 1 is 1.26 bits per heavy atom. The van der Waals surface area contributed by atoms with Gasteiger partial charge in [-0.05, 0) is 45.2 Å². The zero-order valence-electron chi connectivity index (χ0n) is 14.1. The number of hydrogen-bond donors (Lipinski definition) is 1. The number of aryl methyl sites for hydroxylation is 1. The summed E-state index contributed by atoms with van der Waals surface area (Å²) in [5.41, 5.74) is 1.03. The molecule has 1 aromatic rings. The SMILES string of the molecule is CC[C@H](C)NC(=O)C1CCN(S(=O)(=O)c2ccc(C)cc2)CC1. The molecule has 5 nitrogen and oxygen atoms in total. The molecule has 0 saturated carbocycles. The summed E-state index contributed by atoms with van der Waals surface area (Å²) >= 11 is 0. The molecule has 0 unspecified atom stereocenters. The van der Waals surface area contributed by atoms with E-state index >= 15 is 0 Å². The molecule has 0 spiro atoms. The molecule has 128 valence electrons. The average molecular weight is 338 g/mol. The van der Waals surface area contributed by atoms with Gasteiger partial charge in [-0.2, -0.15) is 4.31 Å². The van der Waals surface area contributed by atoms with Gasteiger partial charge in [0.25, 0.3) is 0 Å². The van der Waals surface area contributed by atoms with Crippen molar-refractivity contribution >= 4 is 15.9 Å². The minimum Gasteiger partial charge on any atom is -0.353 e. The fourth-order valence-electron chi connectivity index (χ4n) is 2.68. The predicted octanol–water partition coefficient (Wildman–Crippen LogP) is 2.31. The van der Waals surface area contributed by atoms with E-state index in [9.17, 15) is 13.2 Å². The number of piperidine rings is 1. The van der Waals surface area contributed by atoms with Gasteiger partial charge >= 0.3 is 0 Å². The summed E-state index contributed by atoms with van der Waals surface area (Å²) in [5.74, 6) is -0.0415. The third-order valence-corrected chi connectivity index (χ3v) is 6.40. The number of sulfonamides is 1. The topological polar surface area (TPSA) is 66.5 Å². The summed E-state index contributed by atoms with van der Waals surface area (Å²) in [6, 6.07) is 7.06. The first-order chi connectivity index (χ1) is 10.8. The second-order valence-corrected chi connectivity index (χ2v) is 8.25. The van der Waals surface area contributed by atoms with E-state index in [1.165, 1.54) is 4.31 Å². The van der Waals surface area contributed by atoms with Gasteiger partial charge in [0.05, 0.1) is 4.90 Å². The van der Waals surface area contributed by atoms with Crippen molar-refractivity contribution in [3.63, 3.8) is 0 Å². The Morgan fingerprint density at radius 3 is 2.35 bits per heavy atom. The number of carbonyl (C=O) groups is 1. The molecular formula is C17H26N2O3S. The van der Waals surface area contributed by atoms with Gasteiger partial charge in [0.1, 0.15) is 0 Å². The highest BCUT2D eigenvalue weighted by Gasteiger charge is 2.32. The van der Waals surface area contributed by atoms with E-state index in [1.54, 1.807) is 24.3 Å². The first kappa shape index (κ1) is 17.9. The Bertz CT molecular complexity index is 632. The Morgan fingerprint density at radius 2 is 1.83 bits per heavy atom. The lowest BCUT2D eigenvalue weighted by atomic mass is 9.97. The highest BCUT2D eigenvalue weighted by molar-refractivity contribution is 7.89. The molecular weight excluding hydrogens is 312 g/mol. The number of hydrogen-bond acceptors (Lipinski definition) is 3. The van der Waals surface area contributed by atoms with E-state index in [1.807, 2.05) is 20.8 Å². The normalized spacial score (nSPS) is 18.6. The van der Waals surface area contributed by atoms with Crippen molar-refractivity contribution < 1.29 is 13.2 Å². The van der Waals surface area contributed by atoms with Crippen molar-refractivity contribution in [3.05, 3.63) is 29.8 Å². The van der Waals surface area contributed by atoms with Crippen LogP contribution in [-0.2, 0) is 14.8 Å². The predicted molar refractivity (Wildman–Crippen MR) is 90.6 cm³/mol. The first-order valence-corrected chi connectivity index (χ1v) is 9.65. The lowest BCUT2D eigenvalue weighted by molar-refractivity contribution is -0.126. The first-order valence-electron chi connectivity index (χ1n) is 8.21. The molecule has 6 heteroatoms. The standard InChI is InChI=1S/C17H26N2O3S/c1-4-14(3)18-17(20)15-9-11-19(12-10-15)23(21,22)16-7-5-13(2)6-8-16/h5-8,14-15H,4,9-12H2,1-3H3,(H,18,20)/t14-/m0/s1. The molecule has 1 atom stereocenters. The molecule has 0 bridgehead atoms. The van der Waals surface area contributed by atoms with Gasteiger partial charge in [-0.25, -0.2) is 8.42 Å². The van der Waals surface area contributed by atoms with E-state index < -0.39 is 10.0 Å². The summed E-state index contributed by atoms with van der Waals surface area (Å²) in [5, 5.41) is 2.98. The lowest BCUT2D eigenvalue weighted by Gasteiger charge is -2.31. The molecule has 0 aliphatic carbocycles. The minimum atomic E-state index is -3.45. The van der Waals surface area contributed by atoms with Crippen LogP contribution in [0, 0.1) is 12.8 Å². The van der Waals surface area contributed by atoms with Crippen LogP contribution in [0.4, 0.5) is 0 Å². The maximum Gasteiger partial charge on any atom is 0.243 e. The van der Waals surface area contributed by atoms with Crippen LogP contribution in [-0.4, -0.2) is 37.8 Å².